The van der Waals surface area contributed by atoms with E-state index in [-0.39, 0.29) is 12.8 Å². The average Bonchev–Trinajstić information content (AvgIpc) is 3.25. The maximum Gasteiger partial charge on any atom is 0.472 e. The van der Waals surface area contributed by atoms with Crippen molar-refractivity contribution in [3.63, 3.8) is 0 Å². The number of aliphatic hydroxyl groups excluding tert-OH is 6. The number of carbonyl (C=O) groups excluding carboxylic acids is 2. The molecule has 0 heterocycles. The van der Waals surface area contributed by atoms with E-state index in [1.165, 1.54) is 57.8 Å². The van der Waals surface area contributed by atoms with Crippen LogP contribution in [0, 0.1) is 0 Å². The van der Waals surface area contributed by atoms with Gasteiger partial charge in [0.15, 0.2) is 6.10 Å². The van der Waals surface area contributed by atoms with Crippen LogP contribution in [-0.4, -0.2) is 110 Å². The number of carbonyl (C=O) groups is 2. The van der Waals surface area contributed by atoms with Crippen molar-refractivity contribution in [1.82, 2.24) is 0 Å². The fourth-order valence-corrected chi connectivity index (χ4v) is 7.56. The molecule has 1 aliphatic carbocycles. The molecule has 0 spiro atoms. The summed E-state index contributed by atoms with van der Waals surface area (Å²) in [5.74, 6) is -1.24. The normalized spacial score (nSPS) is 22.9. The molecule has 1 saturated carbocycles. The number of allylic oxidation sites excluding steroid dienone is 8. The van der Waals surface area contributed by atoms with E-state index in [4.69, 9.17) is 18.5 Å². The lowest BCUT2D eigenvalue weighted by atomic mass is 9.85. The molecule has 0 aromatic rings. The second-order valence-electron chi connectivity index (χ2n) is 16.1. The topological polar surface area (TPSA) is 230 Å². The monoisotopic (exact) mass is 901 g/mol. The molecule has 0 amide bonds. The lowest BCUT2D eigenvalue weighted by Gasteiger charge is -2.41. The lowest BCUT2D eigenvalue weighted by Crippen LogP contribution is -2.64. The molecular formula is C47H81O14P. The van der Waals surface area contributed by atoms with Gasteiger partial charge in [0.25, 0.3) is 0 Å². The van der Waals surface area contributed by atoms with Crippen molar-refractivity contribution in [2.24, 2.45) is 0 Å². The van der Waals surface area contributed by atoms with Crippen LogP contribution in [0.3, 0.4) is 0 Å². The largest absolute Gasteiger partial charge is 0.472 e. The molecule has 7 N–H and O–H groups in total. The van der Waals surface area contributed by atoms with E-state index < -0.39 is 81.8 Å². The predicted molar refractivity (Wildman–Crippen MR) is 241 cm³/mol. The second-order valence-corrected chi connectivity index (χ2v) is 17.5. The molecule has 1 rings (SSSR count). The van der Waals surface area contributed by atoms with E-state index in [2.05, 4.69) is 38.2 Å². The van der Waals surface area contributed by atoms with Gasteiger partial charge in [-0.05, 0) is 70.6 Å². The zero-order chi connectivity index (χ0) is 45.9. The summed E-state index contributed by atoms with van der Waals surface area (Å²) in [5, 5.41) is 60.3. The van der Waals surface area contributed by atoms with Crippen LogP contribution in [0.25, 0.3) is 0 Å². The highest BCUT2D eigenvalue weighted by atomic mass is 31.2. The van der Waals surface area contributed by atoms with Gasteiger partial charge in [-0.2, -0.15) is 0 Å². The first-order chi connectivity index (χ1) is 29.8. The third-order valence-corrected chi connectivity index (χ3v) is 11.4. The highest BCUT2D eigenvalue weighted by molar-refractivity contribution is 7.47. The van der Waals surface area contributed by atoms with E-state index in [1.54, 1.807) is 18.2 Å². The number of unbranched alkanes of at least 4 members (excludes halogenated alkanes) is 15. The molecule has 15 heteroatoms. The smallest absolute Gasteiger partial charge is 0.462 e. The summed E-state index contributed by atoms with van der Waals surface area (Å²) in [6.45, 7) is 3.12. The van der Waals surface area contributed by atoms with Crippen molar-refractivity contribution in [3.8, 4) is 0 Å². The van der Waals surface area contributed by atoms with Crippen LogP contribution < -0.4 is 0 Å². The Balaban J connectivity index is 2.55. The highest BCUT2D eigenvalue weighted by Gasteiger charge is 2.51. The lowest BCUT2D eigenvalue weighted by molar-refractivity contribution is -0.220. The Morgan fingerprint density at radius 3 is 1.73 bits per heavy atom. The molecule has 0 aromatic heterocycles. The van der Waals surface area contributed by atoms with Crippen molar-refractivity contribution < 1.29 is 68.2 Å². The molecule has 9 atom stereocenters. The Kier molecular flexibility index (Phi) is 34.2. The summed E-state index contributed by atoms with van der Waals surface area (Å²) < 4.78 is 33.4. The SMILES string of the molecule is CCCCC/C=C\C/C=C\CC(O)/C=C\C=C\CCCC(=O)OC[C@H](COP(=O)(O)OC1[C@H](O)[C@H](O)C(O)[C@H](O)[C@H]1O)OC(=O)CCCCCCC/C=C\CCCCCCCC. The molecule has 358 valence electrons. The Morgan fingerprint density at radius 2 is 1.08 bits per heavy atom. The van der Waals surface area contributed by atoms with E-state index >= 15 is 0 Å². The van der Waals surface area contributed by atoms with Gasteiger partial charge in [0.05, 0.1) is 12.7 Å². The van der Waals surface area contributed by atoms with E-state index in [9.17, 15) is 49.7 Å². The number of ether oxygens (including phenoxy) is 2. The van der Waals surface area contributed by atoms with Gasteiger partial charge in [-0.1, -0.05) is 139 Å². The number of hydrogen-bond acceptors (Lipinski definition) is 13. The van der Waals surface area contributed by atoms with Crippen LogP contribution in [0.5, 0.6) is 0 Å². The van der Waals surface area contributed by atoms with Crippen LogP contribution in [0.1, 0.15) is 162 Å². The van der Waals surface area contributed by atoms with Crippen LogP contribution in [0.15, 0.2) is 60.8 Å². The summed E-state index contributed by atoms with van der Waals surface area (Å²) in [4.78, 5) is 35.7. The Labute approximate surface area is 371 Å². The third kappa shape index (κ3) is 29.1. The van der Waals surface area contributed by atoms with Crippen molar-refractivity contribution >= 4 is 19.8 Å². The summed E-state index contributed by atoms with van der Waals surface area (Å²) in [5.41, 5.74) is 0. The fourth-order valence-electron chi connectivity index (χ4n) is 6.59. The molecule has 1 aliphatic rings. The minimum absolute atomic E-state index is 0.0283. The minimum Gasteiger partial charge on any atom is -0.462 e. The summed E-state index contributed by atoms with van der Waals surface area (Å²) >= 11 is 0. The fraction of sp³-hybridized carbons (Fsp3) is 0.745. The van der Waals surface area contributed by atoms with E-state index in [0.717, 1.165) is 51.4 Å². The number of hydrogen-bond donors (Lipinski definition) is 7. The van der Waals surface area contributed by atoms with Gasteiger partial charge in [-0.15, -0.1) is 0 Å². The zero-order valence-electron chi connectivity index (χ0n) is 37.5. The number of rotatable bonds is 37. The molecule has 4 unspecified atom stereocenters. The maximum atomic E-state index is 12.8. The Hall–Kier alpha value is -2.49. The zero-order valence-corrected chi connectivity index (χ0v) is 38.4. The first-order valence-electron chi connectivity index (χ1n) is 23.2. The van der Waals surface area contributed by atoms with Crippen LogP contribution in [-0.2, 0) is 32.7 Å². The van der Waals surface area contributed by atoms with Gasteiger partial charge in [0.1, 0.15) is 43.2 Å². The van der Waals surface area contributed by atoms with Gasteiger partial charge in [-0.3, -0.25) is 18.6 Å². The average molecular weight is 901 g/mol. The van der Waals surface area contributed by atoms with E-state index in [1.807, 2.05) is 18.2 Å². The highest BCUT2D eigenvalue weighted by Crippen LogP contribution is 2.47. The van der Waals surface area contributed by atoms with Crippen LogP contribution >= 0.6 is 7.82 Å². The van der Waals surface area contributed by atoms with Gasteiger partial charge in [0.2, 0.25) is 0 Å². The molecule has 0 saturated heterocycles. The van der Waals surface area contributed by atoms with E-state index in [0.29, 0.717) is 25.7 Å². The first kappa shape index (κ1) is 57.5. The molecule has 0 aliphatic heterocycles. The molecule has 0 radical (unpaired) electrons. The summed E-state index contributed by atoms with van der Waals surface area (Å²) in [7, 11) is -5.15. The predicted octanol–water partition coefficient (Wildman–Crippen LogP) is 7.92. The van der Waals surface area contributed by atoms with Crippen molar-refractivity contribution in [2.75, 3.05) is 13.2 Å². The Bertz CT molecular complexity index is 1330. The molecular weight excluding hydrogens is 819 g/mol. The Morgan fingerprint density at radius 1 is 0.581 bits per heavy atom. The van der Waals surface area contributed by atoms with Crippen molar-refractivity contribution in [1.29, 1.82) is 0 Å². The number of phosphoric acid groups is 1. The van der Waals surface area contributed by atoms with Crippen LogP contribution in [0.2, 0.25) is 0 Å². The molecule has 14 nitrogen and oxygen atoms in total. The minimum atomic E-state index is -5.15. The maximum absolute atomic E-state index is 12.8. The second kappa shape index (κ2) is 36.8. The molecule has 0 aromatic carbocycles. The molecule has 0 bridgehead atoms. The number of aliphatic hydroxyl groups is 6. The summed E-state index contributed by atoms with van der Waals surface area (Å²) in [6, 6.07) is 0. The van der Waals surface area contributed by atoms with Crippen molar-refractivity contribution in [3.05, 3.63) is 60.8 Å². The van der Waals surface area contributed by atoms with Gasteiger partial charge >= 0.3 is 19.8 Å². The summed E-state index contributed by atoms with van der Waals surface area (Å²) in [6.07, 6.45) is 27.2. The van der Waals surface area contributed by atoms with Gasteiger partial charge in [-0.25, -0.2) is 4.57 Å². The van der Waals surface area contributed by atoms with Gasteiger partial charge in [0, 0.05) is 12.8 Å². The van der Waals surface area contributed by atoms with Gasteiger partial charge < -0.3 is 45.0 Å². The standard InChI is InChI=1S/C47H81O14P/c1-3-5-7-9-11-13-14-15-16-17-18-20-22-26-31-35-41(50)60-39(37-59-62(56,57)61-47-45(54)43(52)42(51)44(53)46(47)55)36-58-40(49)34-30-27-23-25-29-33-38(48)32-28-24-21-19-12-10-8-6-4-2/h12,15-16,19,23-25,28-29,33,38-39,42-48,51-55H,3-11,13-14,17-18,20-22,26-27,30-32,34-37H2,1-2H3,(H,56,57)/b16-15-,19-12-,25-23+,28-24-,33-29-/t38?,39-,42?,43-,44+,45-,46-,47?/m1/s1. The van der Waals surface area contributed by atoms with Crippen LogP contribution in [0.4, 0.5) is 0 Å². The molecule has 62 heavy (non-hydrogen) atoms. The molecule has 1 fully saturated rings. The number of phosphoric ester groups is 1. The van der Waals surface area contributed by atoms with Crippen molar-refractivity contribution in [2.45, 2.75) is 210 Å². The quantitative estimate of drug-likeness (QED) is 0.0103. The first-order valence-corrected chi connectivity index (χ1v) is 24.7. The number of esters is 2. The third-order valence-electron chi connectivity index (χ3n) is 10.4.